The van der Waals surface area contributed by atoms with Crippen molar-refractivity contribution in [2.24, 2.45) is 34.2 Å². The number of aliphatic carboxylic acids is 2. The van der Waals surface area contributed by atoms with Crippen LogP contribution in [-0.2, 0) is 60.7 Å². The van der Waals surface area contributed by atoms with E-state index in [9.17, 15) is 58.5 Å². The topological polar surface area (TPSA) is 363 Å². The molecule has 0 radical (unpaired) electrons. The molecule has 0 aliphatic carbocycles. The van der Waals surface area contributed by atoms with E-state index >= 15 is 0 Å². The van der Waals surface area contributed by atoms with Gasteiger partial charge < -0.3 is 68.3 Å². The molecule has 1 aliphatic heterocycles. The van der Waals surface area contributed by atoms with Crippen molar-refractivity contribution in [1.82, 2.24) is 36.8 Å². The Bertz CT molecular complexity index is 2460. The summed E-state index contributed by atoms with van der Waals surface area (Å²) in [4.78, 5) is 127. The normalized spacial score (nSPS) is 24.5. The van der Waals surface area contributed by atoms with E-state index in [2.05, 4.69) is 43.5 Å². The lowest BCUT2D eigenvalue weighted by Gasteiger charge is -2.28. The lowest BCUT2D eigenvalue weighted by molar-refractivity contribution is -0.146. The number of ether oxygens (including phenoxy) is 1. The van der Waals surface area contributed by atoms with Gasteiger partial charge in [0.25, 0.3) is 5.91 Å². The number of guanidine groups is 1. The molecule has 7 amide bonds. The molecule has 1 aliphatic rings. The van der Waals surface area contributed by atoms with Gasteiger partial charge in [0.1, 0.15) is 41.7 Å². The molecule has 13 N–H and O–H groups in total. The van der Waals surface area contributed by atoms with Crippen molar-refractivity contribution in [3.63, 3.8) is 0 Å². The molecular formula is C52H72N10O13. The predicted octanol–water partition coefficient (Wildman–Crippen LogP) is 0.521. The summed E-state index contributed by atoms with van der Waals surface area (Å²) in [5.74, 6) is -13.0. The van der Waals surface area contributed by atoms with Gasteiger partial charge in [0.05, 0.1) is 24.0 Å². The minimum Gasteiger partial charge on any atom is -0.508 e. The first-order valence-corrected chi connectivity index (χ1v) is 24.3. The SMILES string of the molecule is C=C1C(=O)N[C@H](C)C(=O)N[C@@H](CCCN=C(N)N)C(=O)N[C@@H](C(=O)O)[C@H](C)C(=O)N[C@@H](Cc2ccc(O)cc2)C(=O)NC(/C=C/C(C)=C/[C@H](C)[C@H](Cc2ccccc2)OC)[C@H](C)C(=O)NC(C(=O)O)CCC(=O)N1C. The standard InChI is InChI=1S/C52H72N10O13/c1-28(25-29(2)41(75-8)27-34-13-10-9-11-14-34)16-21-37-30(3)44(65)59-39(50(71)72)22-23-42(64)62(7)33(6)47(68)56-32(5)46(67)58-38(15-12-24-55-52(53)54)48(69)61-43(51(73)74)31(4)45(66)60-40(49(70)57-37)26-35-17-19-36(63)20-18-35/h9-11,13-14,16-21,25,29-32,37-41,43,63H,6,12,15,22-24,26-27H2,1-5,7-8H3,(H,56,68)(H,57,70)(H,58,67)(H,59,65)(H,60,66)(H,61,69)(H,71,72)(H,73,74)(H4,53,54,55)/b21-16+,28-25+/t29-,30-,31-,32+,37?,38-,39?,40-,41-,43+/m0/s1. The number of benzene rings is 2. The lowest BCUT2D eigenvalue weighted by atomic mass is 9.94. The second kappa shape index (κ2) is 29.6. The van der Waals surface area contributed by atoms with Crippen LogP contribution in [0.2, 0.25) is 0 Å². The zero-order chi connectivity index (χ0) is 56.1. The number of nitrogens with one attached hydrogen (secondary N) is 6. The summed E-state index contributed by atoms with van der Waals surface area (Å²) in [6.45, 7) is 11.3. The van der Waals surface area contributed by atoms with Crippen molar-refractivity contribution < 1.29 is 63.2 Å². The molecular weight excluding hydrogens is 973 g/mol. The number of hydrogen-bond acceptors (Lipinski definition) is 12. The van der Waals surface area contributed by atoms with Gasteiger partial charge in [0, 0.05) is 39.5 Å². The molecule has 0 bridgehead atoms. The molecule has 0 aromatic heterocycles. The fourth-order valence-corrected chi connectivity index (χ4v) is 7.83. The highest BCUT2D eigenvalue weighted by atomic mass is 16.5. The van der Waals surface area contributed by atoms with Gasteiger partial charge in [-0.25, -0.2) is 9.59 Å². The first-order chi connectivity index (χ1) is 35.3. The summed E-state index contributed by atoms with van der Waals surface area (Å²) in [7, 11) is 2.80. The first-order valence-electron chi connectivity index (χ1n) is 24.3. The molecule has 23 heteroatoms. The van der Waals surface area contributed by atoms with E-state index in [-0.39, 0.29) is 49.5 Å². The molecule has 1 saturated heterocycles. The molecule has 2 aromatic rings. The van der Waals surface area contributed by atoms with Gasteiger partial charge in [-0.05, 0) is 62.8 Å². The Morgan fingerprint density at radius 1 is 0.813 bits per heavy atom. The third-order valence-corrected chi connectivity index (χ3v) is 12.6. The lowest BCUT2D eigenvalue weighted by Crippen LogP contribution is -2.59. The van der Waals surface area contributed by atoms with E-state index in [0.717, 1.165) is 10.5 Å². The zero-order valence-corrected chi connectivity index (χ0v) is 43.3. The van der Waals surface area contributed by atoms with Gasteiger partial charge in [0.15, 0.2) is 5.96 Å². The number of carboxylic acid groups (broad SMARTS) is 2. The molecule has 75 heavy (non-hydrogen) atoms. The van der Waals surface area contributed by atoms with Gasteiger partial charge in [-0.2, -0.15) is 0 Å². The predicted molar refractivity (Wildman–Crippen MR) is 277 cm³/mol. The van der Waals surface area contributed by atoms with Crippen molar-refractivity contribution >= 4 is 59.2 Å². The van der Waals surface area contributed by atoms with Gasteiger partial charge in [-0.1, -0.05) is 93.6 Å². The largest absolute Gasteiger partial charge is 0.508 e. The summed E-state index contributed by atoms with van der Waals surface area (Å²) in [6, 6.07) is 6.19. The van der Waals surface area contributed by atoms with Crippen LogP contribution in [0.1, 0.15) is 71.4 Å². The Morgan fingerprint density at radius 2 is 1.43 bits per heavy atom. The number of rotatable bonds is 15. The van der Waals surface area contributed by atoms with Crippen LogP contribution in [0.5, 0.6) is 5.75 Å². The highest BCUT2D eigenvalue weighted by Gasteiger charge is 2.37. The van der Waals surface area contributed by atoms with Crippen LogP contribution < -0.4 is 43.4 Å². The van der Waals surface area contributed by atoms with E-state index in [4.69, 9.17) is 16.2 Å². The third kappa shape index (κ3) is 19.7. The molecule has 0 saturated carbocycles. The quantitative estimate of drug-likeness (QED) is 0.0381. The van der Waals surface area contributed by atoms with Crippen molar-refractivity contribution in [3.05, 3.63) is 102 Å². The second-order valence-electron chi connectivity index (χ2n) is 18.5. The number of phenolic OH excluding ortho intramolecular Hbond substituents is 1. The average molecular weight is 1050 g/mol. The van der Waals surface area contributed by atoms with E-state index in [1.165, 1.54) is 58.2 Å². The smallest absolute Gasteiger partial charge is 0.327 e. The number of amides is 7. The highest BCUT2D eigenvalue weighted by Crippen LogP contribution is 2.19. The van der Waals surface area contributed by atoms with Crippen LogP contribution in [0.4, 0.5) is 0 Å². The summed E-state index contributed by atoms with van der Waals surface area (Å²) < 4.78 is 5.82. The number of hydrogen-bond donors (Lipinski definition) is 11. The molecule has 2 aromatic carbocycles. The highest BCUT2D eigenvalue weighted by molar-refractivity contribution is 6.00. The second-order valence-corrected chi connectivity index (χ2v) is 18.5. The van der Waals surface area contributed by atoms with Crippen LogP contribution in [0.15, 0.2) is 95.7 Å². The fourth-order valence-electron chi connectivity index (χ4n) is 7.83. The molecule has 408 valence electrons. The van der Waals surface area contributed by atoms with Crippen molar-refractivity contribution in [3.8, 4) is 5.75 Å². The van der Waals surface area contributed by atoms with E-state index in [0.29, 0.717) is 17.6 Å². The van der Waals surface area contributed by atoms with E-state index in [1.807, 2.05) is 43.3 Å². The number of carbonyl (C=O) groups is 9. The maximum atomic E-state index is 14.6. The van der Waals surface area contributed by atoms with Crippen molar-refractivity contribution in [2.45, 2.75) is 115 Å². The Balaban J connectivity index is 2.16. The van der Waals surface area contributed by atoms with E-state index in [1.54, 1.807) is 20.1 Å². The number of nitrogens with two attached hydrogens (primary N) is 2. The van der Waals surface area contributed by atoms with Crippen LogP contribution in [-0.4, -0.2) is 143 Å². The van der Waals surface area contributed by atoms with Crippen LogP contribution >= 0.6 is 0 Å². The number of allylic oxidation sites excluding steroid dienone is 2. The van der Waals surface area contributed by atoms with Crippen LogP contribution in [0.3, 0.4) is 0 Å². The number of phenols is 1. The van der Waals surface area contributed by atoms with Gasteiger partial charge >= 0.3 is 11.9 Å². The van der Waals surface area contributed by atoms with Gasteiger partial charge in [-0.3, -0.25) is 38.6 Å². The number of likely N-dealkylation sites (N-methyl/N-ethyl adjacent to an activating group) is 1. The van der Waals surface area contributed by atoms with E-state index < -0.39 is 120 Å². The Kier molecular flexibility index (Phi) is 24.1. The van der Waals surface area contributed by atoms with Crippen molar-refractivity contribution in [2.75, 3.05) is 20.7 Å². The summed E-state index contributed by atoms with van der Waals surface area (Å²) >= 11 is 0. The minimum absolute atomic E-state index is 0.00746. The van der Waals surface area contributed by atoms with Crippen LogP contribution in [0.25, 0.3) is 0 Å². The average Bonchev–Trinajstić information content (AvgIpc) is 3.36. The Labute approximate surface area is 436 Å². The summed E-state index contributed by atoms with van der Waals surface area (Å²) in [5, 5.41) is 45.6. The number of carboxylic acids is 2. The van der Waals surface area contributed by atoms with Crippen LogP contribution in [0, 0.1) is 17.8 Å². The first kappa shape index (κ1) is 61.2. The zero-order valence-electron chi connectivity index (χ0n) is 43.3. The monoisotopic (exact) mass is 1040 g/mol. The Morgan fingerprint density at radius 3 is 2.03 bits per heavy atom. The third-order valence-electron chi connectivity index (χ3n) is 12.6. The van der Waals surface area contributed by atoms with Crippen molar-refractivity contribution in [1.29, 1.82) is 0 Å². The maximum absolute atomic E-state index is 14.6. The molecule has 1 heterocycles. The molecule has 23 nitrogen and oxygen atoms in total. The number of carbonyl (C=O) groups excluding carboxylic acids is 7. The number of nitrogens with zero attached hydrogens (tertiary/aromatic N) is 2. The number of aliphatic imine (C=N–C) groups is 1. The number of aromatic hydroxyl groups is 1. The Hall–Kier alpha value is -8.08. The van der Waals surface area contributed by atoms with Gasteiger partial charge in [0.2, 0.25) is 35.4 Å². The summed E-state index contributed by atoms with van der Waals surface area (Å²) in [6.07, 6.45) is 4.18. The van der Waals surface area contributed by atoms with Gasteiger partial charge in [-0.15, -0.1) is 0 Å². The molecule has 3 rings (SSSR count). The summed E-state index contributed by atoms with van der Waals surface area (Å²) in [5.41, 5.74) is 12.6. The molecule has 0 spiro atoms. The maximum Gasteiger partial charge on any atom is 0.327 e. The number of methoxy groups -OCH3 is 1. The fraction of sp³-hybridized carbons (Fsp3) is 0.462. The molecule has 10 atom stereocenters. The molecule has 2 unspecified atom stereocenters. The molecule has 1 fully saturated rings. The minimum atomic E-state index is -1.96.